The summed E-state index contributed by atoms with van der Waals surface area (Å²) in [6.45, 7) is 1.78. The summed E-state index contributed by atoms with van der Waals surface area (Å²) >= 11 is 0. The maximum absolute atomic E-state index is 9.23. The molecule has 0 N–H and O–H groups in total. The van der Waals surface area contributed by atoms with Crippen LogP contribution < -0.4 is 9.80 Å². The molecule has 0 spiro atoms. The van der Waals surface area contributed by atoms with Gasteiger partial charge in [0.25, 0.3) is 0 Å². The first-order chi connectivity index (χ1) is 9.31. The molecule has 0 radical (unpaired) electrons. The van der Waals surface area contributed by atoms with Gasteiger partial charge in [-0.1, -0.05) is 12.1 Å². The molecule has 0 saturated carbocycles. The van der Waals surface area contributed by atoms with Gasteiger partial charge in [0.2, 0.25) is 0 Å². The Morgan fingerprint density at radius 1 is 1.11 bits per heavy atom. The van der Waals surface area contributed by atoms with Gasteiger partial charge >= 0.3 is 0 Å². The highest BCUT2D eigenvalue weighted by atomic mass is 15.3. The van der Waals surface area contributed by atoms with Crippen molar-refractivity contribution < 1.29 is 0 Å². The first-order valence-electron chi connectivity index (χ1n) is 6.23. The van der Waals surface area contributed by atoms with E-state index >= 15 is 0 Å². The molecule has 94 valence electrons. The molecule has 0 atom stereocenters. The largest absolute Gasteiger partial charge is 0.371 e. The van der Waals surface area contributed by atoms with Crippen LogP contribution in [-0.2, 0) is 0 Å². The Kier molecular flexibility index (Phi) is 2.81. The van der Waals surface area contributed by atoms with Gasteiger partial charge in [-0.25, -0.2) is 0 Å². The van der Waals surface area contributed by atoms with Gasteiger partial charge in [-0.05, 0) is 18.2 Å². The Morgan fingerprint density at radius 2 is 1.89 bits per heavy atom. The zero-order valence-corrected chi connectivity index (χ0v) is 10.7. The highest BCUT2D eigenvalue weighted by molar-refractivity contribution is 5.80. The molecule has 1 aromatic heterocycles. The van der Waals surface area contributed by atoms with E-state index in [0.717, 1.165) is 24.5 Å². The predicted octanol–water partition coefficient (Wildman–Crippen LogP) is 2.54. The summed E-state index contributed by atoms with van der Waals surface area (Å²) in [5.74, 6) is 0. The second-order valence-corrected chi connectivity index (χ2v) is 4.57. The summed E-state index contributed by atoms with van der Waals surface area (Å²) in [5, 5.41) is 9.23. The minimum atomic E-state index is 0.661. The molecule has 2 aromatic rings. The van der Waals surface area contributed by atoms with Crippen LogP contribution in [0.2, 0.25) is 0 Å². The third kappa shape index (κ3) is 1.89. The topological polar surface area (TPSA) is 43.2 Å². The van der Waals surface area contributed by atoms with Gasteiger partial charge in [0.15, 0.2) is 0 Å². The standard InChI is InChI=1S/C15H14N4/c1-18-8-9-19(14-5-3-2-4-13(14)18)15-11-17-7-6-12(15)10-16/h2-7,11H,8-9H2,1H3. The minimum Gasteiger partial charge on any atom is -0.371 e. The number of hydrogen-bond donors (Lipinski definition) is 0. The fourth-order valence-corrected chi connectivity index (χ4v) is 2.45. The Morgan fingerprint density at radius 3 is 2.68 bits per heavy atom. The van der Waals surface area contributed by atoms with Crippen LogP contribution >= 0.6 is 0 Å². The summed E-state index contributed by atoms with van der Waals surface area (Å²) in [4.78, 5) is 8.55. The van der Waals surface area contributed by atoms with Crippen molar-refractivity contribution >= 4 is 17.1 Å². The molecule has 0 amide bonds. The quantitative estimate of drug-likeness (QED) is 0.780. The van der Waals surface area contributed by atoms with Gasteiger partial charge in [-0.15, -0.1) is 0 Å². The van der Waals surface area contributed by atoms with E-state index in [1.165, 1.54) is 5.69 Å². The zero-order valence-electron chi connectivity index (χ0n) is 10.7. The molecule has 0 aliphatic carbocycles. The molecular weight excluding hydrogens is 236 g/mol. The van der Waals surface area contributed by atoms with E-state index in [4.69, 9.17) is 0 Å². The van der Waals surface area contributed by atoms with Gasteiger partial charge < -0.3 is 9.80 Å². The number of anilines is 3. The lowest BCUT2D eigenvalue weighted by molar-refractivity contribution is 0.820. The Labute approximate surface area is 112 Å². The van der Waals surface area contributed by atoms with Crippen molar-refractivity contribution in [1.29, 1.82) is 5.26 Å². The number of nitriles is 1. The summed E-state index contributed by atoms with van der Waals surface area (Å²) in [7, 11) is 2.09. The van der Waals surface area contributed by atoms with Crippen molar-refractivity contribution in [3.63, 3.8) is 0 Å². The number of rotatable bonds is 1. The van der Waals surface area contributed by atoms with Crippen LogP contribution in [0.5, 0.6) is 0 Å². The highest BCUT2D eigenvalue weighted by Gasteiger charge is 2.22. The first-order valence-corrected chi connectivity index (χ1v) is 6.23. The van der Waals surface area contributed by atoms with Gasteiger partial charge in [0, 0.05) is 26.3 Å². The molecule has 0 fully saturated rings. The summed E-state index contributed by atoms with van der Waals surface area (Å²) in [5.41, 5.74) is 3.85. The second-order valence-electron chi connectivity index (χ2n) is 4.57. The molecule has 0 bridgehead atoms. The molecular formula is C15H14N4. The number of fused-ring (bicyclic) bond motifs is 1. The third-order valence-electron chi connectivity index (χ3n) is 3.45. The summed E-state index contributed by atoms with van der Waals surface area (Å²) in [6.07, 6.45) is 3.42. The van der Waals surface area contributed by atoms with Gasteiger partial charge in [0.1, 0.15) is 6.07 Å². The molecule has 0 unspecified atom stereocenters. The molecule has 0 saturated heterocycles. The average molecular weight is 250 g/mol. The zero-order chi connectivity index (χ0) is 13.2. The molecule has 1 aromatic carbocycles. The lowest BCUT2D eigenvalue weighted by Gasteiger charge is -2.37. The monoisotopic (exact) mass is 250 g/mol. The van der Waals surface area contributed by atoms with E-state index in [1.807, 2.05) is 12.1 Å². The third-order valence-corrected chi connectivity index (χ3v) is 3.45. The van der Waals surface area contributed by atoms with Crippen LogP contribution in [0, 0.1) is 11.3 Å². The van der Waals surface area contributed by atoms with Crippen LogP contribution in [0.25, 0.3) is 0 Å². The number of likely N-dealkylation sites (N-methyl/N-ethyl adjacent to an activating group) is 1. The number of nitrogens with zero attached hydrogens (tertiary/aromatic N) is 4. The van der Waals surface area contributed by atoms with Gasteiger partial charge in [0.05, 0.1) is 28.8 Å². The molecule has 1 aliphatic rings. The van der Waals surface area contributed by atoms with Crippen molar-refractivity contribution in [2.24, 2.45) is 0 Å². The second kappa shape index (κ2) is 4.62. The van der Waals surface area contributed by atoms with Crippen molar-refractivity contribution in [2.75, 3.05) is 29.9 Å². The predicted molar refractivity (Wildman–Crippen MR) is 75.7 cm³/mol. The van der Waals surface area contributed by atoms with Crippen molar-refractivity contribution in [3.05, 3.63) is 48.3 Å². The van der Waals surface area contributed by atoms with E-state index < -0.39 is 0 Å². The molecule has 19 heavy (non-hydrogen) atoms. The van der Waals surface area contributed by atoms with Gasteiger partial charge in [-0.2, -0.15) is 5.26 Å². The number of para-hydroxylation sites is 2. The van der Waals surface area contributed by atoms with Crippen LogP contribution in [-0.4, -0.2) is 25.1 Å². The summed E-state index contributed by atoms with van der Waals surface area (Å²) < 4.78 is 0. The van der Waals surface area contributed by atoms with Crippen molar-refractivity contribution in [3.8, 4) is 6.07 Å². The van der Waals surface area contributed by atoms with Gasteiger partial charge in [-0.3, -0.25) is 4.98 Å². The van der Waals surface area contributed by atoms with Crippen molar-refractivity contribution in [2.45, 2.75) is 0 Å². The molecule has 2 heterocycles. The van der Waals surface area contributed by atoms with E-state index in [1.54, 1.807) is 18.5 Å². The van der Waals surface area contributed by atoms with Crippen molar-refractivity contribution in [1.82, 2.24) is 4.98 Å². The fraction of sp³-hybridized carbons (Fsp3) is 0.200. The van der Waals surface area contributed by atoms with Crippen LogP contribution in [0.3, 0.4) is 0 Å². The molecule has 4 nitrogen and oxygen atoms in total. The first kappa shape index (κ1) is 11.5. The van der Waals surface area contributed by atoms with E-state index in [0.29, 0.717) is 5.56 Å². The summed E-state index contributed by atoms with van der Waals surface area (Å²) in [6, 6.07) is 12.2. The Bertz CT molecular complexity index is 645. The number of aromatic nitrogens is 1. The van der Waals surface area contributed by atoms with Crippen LogP contribution in [0.15, 0.2) is 42.7 Å². The van der Waals surface area contributed by atoms with Crippen LogP contribution in [0.4, 0.5) is 17.1 Å². The Balaban J connectivity index is 2.13. The maximum atomic E-state index is 9.23. The number of pyridine rings is 1. The normalized spacial score (nSPS) is 13.9. The lowest BCUT2D eigenvalue weighted by atomic mass is 10.1. The SMILES string of the molecule is CN1CCN(c2cnccc2C#N)c2ccccc21. The van der Waals surface area contributed by atoms with Crippen LogP contribution in [0.1, 0.15) is 5.56 Å². The maximum Gasteiger partial charge on any atom is 0.101 e. The number of benzene rings is 1. The van der Waals surface area contributed by atoms with E-state index in [9.17, 15) is 5.26 Å². The number of hydrogen-bond acceptors (Lipinski definition) is 4. The van der Waals surface area contributed by atoms with E-state index in [2.05, 4.69) is 40.0 Å². The van der Waals surface area contributed by atoms with E-state index in [-0.39, 0.29) is 0 Å². The fourth-order valence-electron chi connectivity index (χ4n) is 2.45. The molecule has 4 heteroatoms. The smallest absolute Gasteiger partial charge is 0.101 e. The highest BCUT2D eigenvalue weighted by Crippen LogP contribution is 2.37. The molecule has 3 rings (SSSR count). The Hall–Kier alpha value is -2.54. The molecule has 1 aliphatic heterocycles. The lowest BCUT2D eigenvalue weighted by Crippen LogP contribution is -2.36. The minimum absolute atomic E-state index is 0.661. The average Bonchev–Trinajstić information content (AvgIpc) is 2.48.